The SMILES string of the molecule is COc1ccc(CN(C[C@H](O)[C@H](Cc2ccccc2)NC(=O)[C@@H](NC(C)=O)C(C)C)NC(=O)[C@@H](NC(C)=O)C(C)C)cc1OC. The first-order chi connectivity index (χ1) is 21.2. The third kappa shape index (κ3) is 12.0. The number of carbonyl (C=O) groups is 4. The van der Waals surface area contributed by atoms with E-state index in [1.165, 1.54) is 28.1 Å². The molecule has 0 unspecified atom stereocenters. The first kappa shape index (κ1) is 37.0. The Hall–Kier alpha value is -4.16. The van der Waals surface area contributed by atoms with Crippen LogP contribution in [0.1, 0.15) is 52.7 Å². The molecule has 5 N–H and O–H groups in total. The van der Waals surface area contributed by atoms with E-state index in [4.69, 9.17) is 9.47 Å². The van der Waals surface area contributed by atoms with Gasteiger partial charge in [0.05, 0.1) is 26.4 Å². The Labute approximate surface area is 266 Å². The zero-order valence-electron chi connectivity index (χ0n) is 27.5. The molecule has 0 aromatic heterocycles. The lowest BCUT2D eigenvalue weighted by Crippen LogP contribution is -2.59. The molecule has 0 fully saturated rings. The third-order valence-corrected chi connectivity index (χ3v) is 7.20. The van der Waals surface area contributed by atoms with Crippen LogP contribution in [0, 0.1) is 11.8 Å². The van der Waals surface area contributed by atoms with Gasteiger partial charge in [0.25, 0.3) is 5.91 Å². The fraction of sp³-hybridized carbons (Fsp3) is 0.515. The third-order valence-electron chi connectivity index (χ3n) is 7.20. The van der Waals surface area contributed by atoms with Gasteiger partial charge in [-0.25, -0.2) is 5.01 Å². The molecule has 12 nitrogen and oxygen atoms in total. The smallest absolute Gasteiger partial charge is 0.257 e. The molecule has 4 amide bonds. The van der Waals surface area contributed by atoms with Gasteiger partial charge in [0.1, 0.15) is 12.1 Å². The first-order valence-electron chi connectivity index (χ1n) is 15.1. The molecule has 0 heterocycles. The highest BCUT2D eigenvalue weighted by Gasteiger charge is 2.31. The zero-order chi connectivity index (χ0) is 33.7. The maximum absolute atomic E-state index is 13.4. The number of amides is 4. The number of hydrogen-bond acceptors (Lipinski definition) is 8. The fourth-order valence-electron chi connectivity index (χ4n) is 4.86. The van der Waals surface area contributed by atoms with Gasteiger partial charge in [-0.1, -0.05) is 64.1 Å². The van der Waals surface area contributed by atoms with Gasteiger partial charge in [0.15, 0.2) is 11.5 Å². The largest absolute Gasteiger partial charge is 0.493 e. The summed E-state index contributed by atoms with van der Waals surface area (Å²) >= 11 is 0. The van der Waals surface area contributed by atoms with Crippen LogP contribution in [-0.2, 0) is 32.1 Å². The minimum Gasteiger partial charge on any atom is -0.493 e. The van der Waals surface area contributed by atoms with E-state index in [1.54, 1.807) is 17.1 Å². The van der Waals surface area contributed by atoms with Crippen LogP contribution in [0.2, 0.25) is 0 Å². The standard InChI is InChI=1S/C33H49N5O7/c1-20(2)30(34-22(5)39)32(42)36-26(16-24-12-10-9-11-13-24)27(41)19-38(37-33(43)31(21(3)4)35-23(6)40)18-25-14-15-28(44-7)29(17-25)45-8/h9-15,17,20-21,26-27,30-31,41H,16,18-19H2,1-8H3,(H,34,39)(H,35,40)(H,36,42)(H,37,43)/t26-,27-,30-,31-/m0/s1. The van der Waals surface area contributed by atoms with Gasteiger partial charge >= 0.3 is 0 Å². The predicted molar refractivity (Wildman–Crippen MR) is 171 cm³/mol. The molecule has 0 aliphatic carbocycles. The molecule has 2 aromatic rings. The molecular formula is C33H49N5O7. The van der Waals surface area contributed by atoms with Gasteiger partial charge in [-0.2, -0.15) is 0 Å². The average molecular weight is 628 g/mol. The summed E-state index contributed by atoms with van der Waals surface area (Å²) in [6.45, 7) is 10.0. The van der Waals surface area contributed by atoms with E-state index in [9.17, 15) is 24.3 Å². The topological polar surface area (TPSA) is 158 Å². The number of hydrazine groups is 1. The van der Waals surface area contributed by atoms with E-state index in [-0.39, 0.29) is 43.2 Å². The number of ether oxygens (including phenoxy) is 2. The van der Waals surface area contributed by atoms with Gasteiger partial charge < -0.3 is 30.5 Å². The molecule has 0 spiro atoms. The van der Waals surface area contributed by atoms with E-state index in [2.05, 4.69) is 21.4 Å². The van der Waals surface area contributed by atoms with Gasteiger partial charge in [-0.15, -0.1) is 0 Å². The Morgan fingerprint density at radius 1 is 0.756 bits per heavy atom. The second kappa shape index (κ2) is 18.0. The Balaban J connectivity index is 2.43. The number of methoxy groups -OCH3 is 2. The number of aliphatic hydroxyl groups is 1. The number of nitrogens with one attached hydrogen (secondary N) is 4. The molecule has 0 bridgehead atoms. The van der Waals surface area contributed by atoms with Crippen molar-refractivity contribution in [2.45, 2.75) is 78.7 Å². The number of carbonyl (C=O) groups excluding carboxylic acids is 4. The number of aliphatic hydroxyl groups excluding tert-OH is 1. The highest BCUT2D eigenvalue weighted by molar-refractivity contribution is 5.87. The zero-order valence-corrected chi connectivity index (χ0v) is 27.5. The van der Waals surface area contributed by atoms with E-state index in [1.807, 2.05) is 64.1 Å². The summed E-state index contributed by atoms with van der Waals surface area (Å²) in [5, 5.41) is 21.5. The molecule has 4 atom stereocenters. The quantitative estimate of drug-likeness (QED) is 0.167. The maximum Gasteiger partial charge on any atom is 0.257 e. The van der Waals surface area contributed by atoms with Crippen LogP contribution in [0.4, 0.5) is 0 Å². The molecule has 2 rings (SSSR count). The van der Waals surface area contributed by atoms with Crippen molar-refractivity contribution in [1.29, 1.82) is 0 Å². The second-order valence-electron chi connectivity index (χ2n) is 11.8. The molecule has 0 aliphatic rings. The summed E-state index contributed by atoms with van der Waals surface area (Å²) in [7, 11) is 3.05. The minimum absolute atomic E-state index is 0.0881. The fourth-order valence-corrected chi connectivity index (χ4v) is 4.86. The van der Waals surface area contributed by atoms with E-state index in [0.29, 0.717) is 11.5 Å². The van der Waals surface area contributed by atoms with Crippen LogP contribution < -0.4 is 30.8 Å². The van der Waals surface area contributed by atoms with Crippen molar-refractivity contribution in [3.05, 3.63) is 59.7 Å². The van der Waals surface area contributed by atoms with Crippen molar-refractivity contribution in [2.75, 3.05) is 20.8 Å². The van der Waals surface area contributed by atoms with Crippen molar-refractivity contribution in [1.82, 2.24) is 26.4 Å². The molecule has 45 heavy (non-hydrogen) atoms. The monoisotopic (exact) mass is 627 g/mol. The summed E-state index contributed by atoms with van der Waals surface area (Å²) < 4.78 is 10.8. The molecule has 2 aromatic carbocycles. The van der Waals surface area contributed by atoms with Crippen LogP contribution in [0.15, 0.2) is 48.5 Å². The number of nitrogens with zero attached hydrogens (tertiary/aromatic N) is 1. The lowest BCUT2D eigenvalue weighted by molar-refractivity contribution is -0.134. The molecule has 248 valence electrons. The molecular weight excluding hydrogens is 578 g/mol. The van der Waals surface area contributed by atoms with Crippen LogP contribution >= 0.6 is 0 Å². The van der Waals surface area contributed by atoms with Gasteiger partial charge in [0.2, 0.25) is 17.7 Å². The van der Waals surface area contributed by atoms with Crippen LogP contribution in [0.25, 0.3) is 0 Å². The second-order valence-corrected chi connectivity index (χ2v) is 11.8. The predicted octanol–water partition coefficient (Wildman–Crippen LogP) is 1.95. The molecule has 0 radical (unpaired) electrons. The van der Waals surface area contributed by atoms with E-state index in [0.717, 1.165) is 11.1 Å². The Bertz CT molecular complexity index is 1270. The average Bonchev–Trinajstić information content (AvgIpc) is 2.98. The Kier molecular flexibility index (Phi) is 14.8. The van der Waals surface area contributed by atoms with Crippen molar-refractivity contribution in [3.63, 3.8) is 0 Å². The van der Waals surface area contributed by atoms with Crippen LogP contribution in [0.5, 0.6) is 11.5 Å². The Morgan fingerprint density at radius 3 is 1.82 bits per heavy atom. The Morgan fingerprint density at radius 2 is 1.31 bits per heavy atom. The lowest BCUT2D eigenvalue weighted by atomic mass is 9.98. The number of benzene rings is 2. The van der Waals surface area contributed by atoms with Crippen molar-refractivity contribution in [2.24, 2.45) is 11.8 Å². The molecule has 0 saturated carbocycles. The number of rotatable bonds is 17. The van der Waals surface area contributed by atoms with Crippen molar-refractivity contribution >= 4 is 23.6 Å². The molecule has 0 aliphatic heterocycles. The summed E-state index contributed by atoms with van der Waals surface area (Å²) in [6, 6.07) is 12.3. The van der Waals surface area contributed by atoms with Gasteiger partial charge in [0, 0.05) is 26.9 Å². The van der Waals surface area contributed by atoms with Gasteiger partial charge in [-0.3, -0.25) is 24.6 Å². The van der Waals surface area contributed by atoms with E-state index >= 15 is 0 Å². The first-order valence-corrected chi connectivity index (χ1v) is 15.1. The van der Waals surface area contributed by atoms with Crippen LogP contribution in [0.3, 0.4) is 0 Å². The normalized spacial score (nSPS) is 13.9. The highest BCUT2D eigenvalue weighted by Crippen LogP contribution is 2.28. The summed E-state index contributed by atoms with van der Waals surface area (Å²) in [5.41, 5.74) is 4.49. The van der Waals surface area contributed by atoms with Crippen LogP contribution in [-0.4, -0.2) is 78.7 Å². The highest BCUT2D eigenvalue weighted by atomic mass is 16.5. The summed E-state index contributed by atoms with van der Waals surface area (Å²) in [5.74, 6) is -0.964. The summed E-state index contributed by atoms with van der Waals surface area (Å²) in [6.07, 6.45) is -0.880. The number of hydrogen-bond donors (Lipinski definition) is 5. The van der Waals surface area contributed by atoms with E-state index < -0.39 is 36.0 Å². The lowest BCUT2D eigenvalue weighted by Gasteiger charge is -2.33. The van der Waals surface area contributed by atoms with Gasteiger partial charge in [-0.05, 0) is 41.5 Å². The molecule has 0 saturated heterocycles. The molecule has 12 heteroatoms. The minimum atomic E-state index is -1.17. The summed E-state index contributed by atoms with van der Waals surface area (Å²) in [4.78, 5) is 50.5. The van der Waals surface area contributed by atoms with Crippen molar-refractivity contribution < 1.29 is 33.8 Å². The maximum atomic E-state index is 13.4. The van der Waals surface area contributed by atoms with Crippen molar-refractivity contribution in [3.8, 4) is 11.5 Å².